The molecule has 1 atom stereocenters. The van der Waals surface area contributed by atoms with Crippen molar-refractivity contribution in [3.05, 3.63) is 36.7 Å². The van der Waals surface area contributed by atoms with E-state index in [4.69, 9.17) is 0 Å². The molecule has 54 valence electrons. The van der Waals surface area contributed by atoms with E-state index in [1.54, 1.807) is 0 Å². The van der Waals surface area contributed by atoms with E-state index in [2.05, 4.69) is 32.4 Å². The molecule has 0 fully saturated rings. The van der Waals surface area contributed by atoms with E-state index in [1.165, 1.54) is 16.1 Å². The van der Waals surface area contributed by atoms with Crippen LogP contribution in [0.4, 0.5) is 0 Å². The van der Waals surface area contributed by atoms with Crippen LogP contribution in [0.5, 0.6) is 0 Å². The first-order valence-corrected chi connectivity index (χ1v) is 4.03. The van der Waals surface area contributed by atoms with Gasteiger partial charge in [-0.05, 0) is 22.8 Å². The Bertz CT molecular complexity index is 384. The van der Waals surface area contributed by atoms with Crippen molar-refractivity contribution in [2.45, 2.75) is 0 Å². The predicted octanol–water partition coefficient (Wildman–Crippen LogP) is 1.74. The minimum absolute atomic E-state index is 1.19. The minimum Gasteiger partial charge on any atom is -0.264 e. The first-order valence-electron chi connectivity index (χ1n) is 3.45. The number of aromatic nitrogens is 1. The SMILES string of the molecule is Pc1ccc2cnccc2c1. The number of pyridine rings is 1. The molecule has 0 amide bonds. The molecular formula is C9H8NP. The Balaban J connectivity index is 2.83. The van der Waals surface area contributed by atoms with E-state index < -0.39 is 0 Å². The lowest BCUT2D eigenvalue weighted by atomic mass is 10.2. The van der Waals surface area contributed by atoms with E-state index in [0.717, 1.165) is 0 Å². The molecule has 0 radical (unpaired) electrons. The topological polar surface area (TPSA) is 12.9 Å². The fourth-order valence-corrected chi connectivity index (χ4v) is 1.38. The maximum atomic E-state index is 4.04. The van der Waals surface area contributed by atoms with Crippen LogP contribution in [0.1, 0.15) is 0 Å². The Kier molecular flexibility index (Phi) is 1.59. The summed E-state index contributed by atoms with van der Waals surface area (Å²) in [7, 11) is 2.68. The van der Waals surface area contributed by atoms with Gasteiger partial charge in [-0.25, -0.2) is 0 Å². The molecule has 0 saturated heterocycles. The maximum absolute atomic E-state index is 4.04. The summed E-state index contributed by atoms with van der Waals surface area (Å²) in [6, 6.07) is 8.28. The number of rotatable bonds is 0. The van der Waals surface area contributed by atoms with E-state index >= 15 is 0 Å². The summed E-state index contributed by atoms with van der Waals surface area (Å²) in [5, 5.41) is 3.65. The highest BCUT2D eigenvalue weighted by Gasteiger charge is 1.90. The Morgan fingerprint density at radius 1 is 1.09 bits per heavy atom. The number of benzene rings is 1. The van der Waals surface area contributed by atoms with E-state index in [-0.39, 0.29) is 0 Å². The smallest absolute Gasteiger partial charge is 0.0346 e. The Labute approximate surface area is 67.7 Å². The minimum atomic E-state index is 1.19. The first kappa shape index (κ1) is 6.75. The van der Waals surface area contributed by atoms with Gasteiger partial charge in [0.2, 0.25) is 0 Å². The summed E-state index contributed by atoms with van der Waals surface area (Å²) in [5.74, 6) is 0. The average Bonchev–Trinajstić information content (AvgIpc) is 2.04. The van der Waals surface area contributed by atoms with Crippen molar-refractivity contribution in [3.8, 4) is 0 Å². The zero-order chi connectivity index (χ0) is 7.68. The summed E-state index contributed by atoms with van der Waals surface area (Å²) in [6.07, 6.45) is 3.69. The van der Waals surface area contributed by atoms with Crippen molar-refractivity contribution < 1.29 is 0 Å². The van der Waals surface area contributed by atoms with Crippen molar-refractivity contribution in [1.82, 2.24) is 4.98 Å². The van der Waals surface area contributed by atoms with Crippen LogP contribution in [-0.2, 0) is 0 Å². The first-order chi connectivity index (χ1) is 5.36. The van der Waals surface area contributed by atoms with Crippen LogP contribution < -0.4 is 5.30 Å². The normalized spacial score (nSPS) is 10.3. The fourth-order valence-electron chi connectivity index (χ4n) is 1.10. The average molecular weight is 161 g/mol. The number of nitrogens with zero attached hydrogens (tertiary/aromatic N) is 1. The molecule has 0 aliphatic heterocycles. The Morgan fingerprint density at radius 2 is 2.00 bits per heavy atom. The van der Waals surface area contributed by atoms with Gasteiger partial charge in [-0.3, -0.25) is 4.98 Å². The van der Waals surface area contributed by atoms with Gasteiger partial charge in [0.25, 0.3) is 0 Å². The maximum Gasteiger partial charge on any atom is 0.0346 e. The summed E-state index contributed by atoms with van der Waals surface area (Å²) in [4.78, 5) is 4.04. The van der Waals surface area contributed by atoms with Crippen LogP contribution in [0, 0.1) is 0 Å². The van der Waals surface area contributed by atoms with Gasteiger partial charge in [0.05, 0.1) is 0 Å². The van der Waals surface area contributed by atoms with Crippen molar-refractivity contribution in [3.63, 3.8) is 0 Å². The van der Waals surface area contributed by atoms with Gasteiger partial charge in [0.1, 0.15) is 0 Å². The molecule has 0 aliphatic carbocycles. The summed E-state index contributed by atoms with van der Waals surface area (Å²) in [6.45, 7) is 0. The third-order valence-electron chi connectivity index (χ3n) is 1.66. The van der Waals surface area contributed by atoms with Crippen LogP contribution >= 0.6 is 9.24 Å². The van der Waals surface area contributed by atoms with E-state index in [9.17, 15) is 0 Å². The van der Waals surface area contributed by atoms with E-state index in [1.807, 2.05) is 18.5 Å². The summed E-state index contributed by atoms with van der Waals surface area (Å²) >= 11 is 0. The van der Waals surface area contributed by atoms with Gasteiger partial charge in [-0.1, -0.05) is 12.1 Å². The van der Waals surface area contributed by atoms with Gasteiger partial charge in [0, 0.05) is 17.8 Å². The van der Waals surface area contributed by atoms with Crippen LogP contribution in [0.25, 0.3) is 10.8 Å². The van der Waals surface area contributed by atoms with Crippen molar-refractivity contribution >= 4 is 25.3 Å². The Morgan fingerprint density at radius 3 is 2.91 bits per heavy atom. The predicted molar refractivity (Wildman–Crippen MR) is 51.1 cm³/mol. The van der Waals surface area contributed by atoms with Gasteiger partial charge in [-0.15, -0.1) is 9.24 Å². The third kappa shape index (κ3) is 1.24. The lowest BCUT2D eigenvalue weighted by Gasteiger charge is -1.96. The largest absolute Gasteiger partial charge is 0.264 e. The van der Waals surface area contributed by atoms with Gasteiger partial charge in [-0.2, -0.15) is 0 Å². The molecule has 0 bridgehead atoms. The summed E-state index contributed by atoms with van der Waals surface area (Å²) < 4.78 is 0. The summed E-state index contributed by atoms with van der Waals surface area (Å²) in [5.41, 5.74) is 0. The molecular weight excluding hydrogens is 153 g/mol. The lowest BCUT2D eigenvalue weighted by molar-refractivity contribution is 1.37. The molecule has 1 aromatic carbocycles. The van der Waals surface area contributed by atoms with Crippen molar-refractivity contribution in [2.24, 2.45) is 0 Å². The number of hydrogen-bond acceptors (Lipinski definition) is 1. The quantitative estimate of drug-likeness (QED) is 0.536. The standard InChI is InChI=1S/C9H8NP/c11-9-2-1-8-6-10-4-3-7(8)5-9/h1-6H,11H2. The van der Waals surface area contributed by atoms with Gasteiger partial charge < -0.3 is 0 Å². The molecule has 1 aromatic heterocycles. The van der Waals surface area contributed by atoms with Crippen LogP contribution in [0.3, 0.4) is 0 Å². The molecule has 0 spiro atoms. The van der Waals surface area contributed by atoms with Crippen molar-refractivity contribution in [1.29, 1.82) is 0 Å². The second-order valence-corrected chi connectivity index (χ2v) is 3.15. The highest BCUT2D eigenvalue weighted by molar-refractivity contribution is 7.27. The Hall–Kier alpha value is -0.940. The molecule has 2 heteroatoms. The molecule has 1 unspecified atom stereocenters. The molecule has 11 heavy (non-hydrogen) atoms. The molecule has 0 aliphatic rings. The molecule has 1 heterocycles. The van der Waals surface area contributed by atoms with Crippen molar-refractivity contribution in [2.75, 3.05) is 0 Å². The monoisotopic (exact) mass is 161 g/mol. The molecule has 1 nitrogen and oxygen atoms in total. The molecule has 0 N–H and O–H groups in total. The zero-order valence-electron chi connectivity index (χ0n) is 5.99. The van der Waals surface area contributed by atoms with Crippen LogP contribution in [0.2, 0.25) is 0 Å². The number of fused-ring (bicyclic) bond motifs is 1. The lowest BCUT2D eigenvalue weighted by Crippen LogP contribution is -1.87. The molecule has 2 rings (SSSR count). The van der Waals surface area contributed by atoms with E-state index in [0.29, 0.717) is 0 Å². The second kappa shape index (κ2) is 2.60. The fraction of sp³-hybridized carbons (Fsp3) is 0. The van der Waals surface area contributed by atoms with Crippen LogP contribution in [0.15, 0.2) is 36.7 Å². The van der Waals surface area contributed by atoms with Gasteiger partial charge >= 0.3 is 0 Å². The number of hydrogen-bond donors (Lipinski definition) is 0. The highest BCUT2D eigenvalue weighted by Crippen LogP contribution is 2.10. The second-order valence-electron chi connectivity index (χ2n) is 2.48. The van der Waals surface area contributed by atoms with Gasteiger partial charge in [0.15, 0.2) is 0 Å². The van der Waals surface area contributed by atoms with Crippen LogP contribution in [-0.4, -0.2) is 4.98 Å². The highest BCUT2D eigenvalue weighted by atomic mass is 31.0. The molecule has 0 saturated carbocycles. The third-order valence-corrected chi connectivity index (χ3v) is 2.02. The molecule has 2 aromatic rings. The zero-order valence-corrected chi connectivity index (χ0v) is 7.14.